The van der Waals surface area contributed by atoms with Crippen LogP contribution in [-0.2, 0) is 14.3 Å². The Morgan fingerprint density at radius 1 is 1.38 bits per heavy atom. The van der Waals surface area contributed by atoms with Crippen molar-refractivity contribution in [1.82, 2.24) is 0 Å². The van der Waals surface area contributed by atoms with Gasteiger partial charge in [0.05, 0.1) is 12.7 Å². The fourth-order valence-corrected chi connectivity index (χ4v) is 1.04. The minimum atomic E-state index is 0.155. The Kier molecular flexibility index (Phi) is 7.94. The Hall–Kier alpha value is -0.410. The first-order valence-corrected chi connectivity index (χ1v) is 4.76. The molecule has 1 unspecified atom stereocenters. The number of rotatable bonds is 8. The van der Waals surface area contributed by atoms with E-state index < -0.39 is 0 Å². The van der Waals surface area contributed by atoms with Crippen LogP contribution in [0.4, 0.5) is 0 Å². The molecular weight excluding hydrogens is 168 g/mol. The maximum Gasteiger partial charge on any atom is 0.129 e. The molecule has 0 aromatic carbocycles. The van der Waals surface area contributed by atoms with Gasteiger partial charge < -0.3 is 14.3 Å². The minimum Gasteiger partial charge on any atom is -0.382 e. The summed E-state index contributed by atoms with van der Waals surface area (Å²) < 4.78 is 10.3. The van der Waals surface area contributed by atoms with E-state index in [1.54, 1.807) is 14.0 Å². The second-order valence-electron chi connectivity index (χ2n) is 3.30. The Balaban J connectivity index is 3.11. The van der Waals surface area contributed by atoms with Gasteiger partial charge in [-0.25, -0.2) is 0 Å². The highest BCUT2D eigenvalue weighted by Gasteiger charge is 2.00. The lowest BCUT2D eigenvalue weighted by Crippen LogP contribution is -2.15. The molecular formula is C10H20O3. The van der Waals surface area contributed by atoms with Gasteiger partial charge in [0, 0.05) is 20.1 Å². The molecule has 0 fully saturated rings. The van der Waals surface area contributed by atoms with Crippen molar-refractivity contribution in [2.24, 2.45) is 0 Å². The van der Waals surface area contributed by atoms with Gasteiger partial charge in [-0.05, 0) is 26.7 Å². The number of ketones is 1. The SMILES string of the molecule is COCC(C)OCCCCC(C)=O. The van der Waals surface area contributed by atoms with E-state index in [2.05, 4.69) is 0 Å². The van der Waals surface area contributed by atoms with Crippen molar-refractivity contribution in [2.45, 2.75) is 39.2 Å². The van der Waals surface area contributed by atoms with Gasteiger partial charge >= 0.3 is 0 Å². The fraction of sp³-hybridized carbons (Fsp3) is 0.900. The van der Waals surface area contributed by atoms with Crippen molar-refractivity contribution in [3.63, 3.8) is 0 Å². The standard InChI is InChI=1S/C10H20O3/c1-9(11)6-4-5-7-13-10(2)8-12-3/h10H,4-8H2,1-3H3. The fourth-order valence-electron chi connectivity index (χ4n) is 1.04. The van der Waals surface area contributed by atoms with Gasteiger partial charge in [0.1, 0.15) is 5.78 Å². The number of hydrogen-bond acceptors (Lipinski definition) is 3. The van der Waals surface area contributed by atoms with E-state index in [1.807, 2.05) is 6.92 Å². The van der Waals surface area contributed by atoms with Crippen LogP contribution in [0.25, 0.3) is 0 Å². The highest BCUT2D eigenvalue weighted by Crippen LogP contribution is 1.99. The maximum atomic E-state index is 10.6. The molecule has 0 aromatic heterocycles. The smallest absolute Gasteiger partial charge is 0.129 e. The molecule has 0 aromatic rings. The maximum absolute atomic E-state index is 10.6. The number of ether oxygens (including phenoxy) is 2. The van der Waals surface area contributed by atoms with E-state index in [0.717, 1.165) is 19.4 Å². The van der Waals surface area contributed by atoms with Crippen LogP contribution in [0.2, 0.25) is 0 Å². The average Bonchev–Trinajstić information content (AvgIpc) is 2.03. The number of carbonyl (C=O) groups excluding carboxylic acids is 1. The van der Waals surface area contributed by atoms with Gasteiger partial charge in [0.15, 0.2) is 0 Å². The molecule has 1 atom stereocenters. The van der Waals surface area contributed by atoms with E-state index in [1.165, 1.54) is 0 Å². The highest BCUT2D eigenvalue weighted by atomic mass is 16.5. The van der Waals surface area contributed by atoms with Gasteiger partial charge in [-0.15, -0.1) is 0 Å². The summed E-state index contributed by atoms with van der Waals surface area (Å²) in [7, 11) is 1.66. The lowest BCUT2D eigenvalue weighted by atomic mass is 10.2. The molecule has 0 aliphatic heterocycles. The van der Waals surface area contributed by atoms with Gasteiger partial charge in [-0.1, -0.05) is 0 Å². The third kappa shape index (κ3) is 9.50. The van der Waals surface area contributed by atoms with Crippen molar-refractivity contribution in [3.05, 3.63) is 0 Å². The molecule has 0 N–H and O–H groups in total. The van der Waals surface area contributed by atoms with Crippen molar-refractivity contribution >= 4 is 5.78 Å². The molecule has 3 heteroatoms. The summed E-state index contributed by atoms with van der Waals surface area (Å²) in [6, 6.07) is 0. The van der Waals surface area contributed by atoms with Crippen LogP contribution < -0.4 is 0 Å². The summed E-state index contributed by atoms with van der Waals surface area (Å²) in [5, 5.41) is 0. The number of Topliss-reactive ketones (excluding diaryl/α,β-unsaturated/α-hetero) is 1. The van der Waals surface area contributed by atoms with E-state index in [4.69, 9.17) is 9.47 Å². The van der Waals surface area contributed by atoms with Gasteiger partial charge in [-0.3, -0.25) is 0 Å². The van der Waals surface area contributed by atoms with Crippen LogP contribution in [0, 0.1) is 0 Å². The molecule has 78 valence electrons. The van der Waals surface area contributed by atoms with Crippen molar-refractivity contribution in [3.8, 4) is 0 Å². The predicted octanol–water partition coefficient (Wildman–Crippen LogP) is 1.80. The lowest BCUT2D eigenvalue weighted by molar-refractivity contribution is -0.117. The second-order valence-corrected chi connectivity index (χ2v) is 3.30. The van der Waals surface area contributed by atoms with Crippen LogP contribution in [0.3, 0.4) is 0 Å². The van der Waals surface area contributed by atoms with Crippen LogP contribution >= 0.6 is 0 Å². The summed E-state index contributed by atoms with van der Waals surface area (Å²) in [5.74, 6) is 0.255. The number of unbranched alkanes of at least 4 members (excludes halogenated alkanes) is 1. The van der Waals surface area contributed by atoms with Crippen LogP contribution in [0.1, 0.15) is 33.1 Å². The third-order valence-electron chi connectivity index (χ3n) is 1.73. The summed E-state index contributed by atoms with van der Waals surface area (Å²) in [6.45, 7) is 4.95. The largest absolute Gasteiger partial charge is 0.382 e. The van der Waals surface area contributed by atoms with Crippen molar-refractivity contribution in [1.29, 1.82) is 0 Å². The zero-order chi connectivity index (χ0) is 10.1. The first-order chi connectivity index (χ1) is 6.16. The molecule has 0 aliphatic carbocycles. The molecule has 0 bridgehead atoms. The molecule has 13 heavy (non-hydrogen) atoms. The Labute approximate surface area is 80.4 Å². The van der Waals surface area contributed by atoms with E-state index in [0.29, 0.717) is 13.0 Å². The summed E-state index contributed by atoms with van der Waals surface area (Å²) >= 11 is 0. The summed E-state index contributed by atoms with van der Waals surface area (Å²) in [6.07, 6.45) is 2.70. The van der Waals surface area contributed by atoms with E-state index in [9.17, 15) is 4.79 Å². The van der Waals surface area contributed by atoms with Crippen molar-refractivity contribution < 1.29 is 14.3 Å². The van der Waals surface area contributed by atoms with Gasteiger partial charge in [0.25, 0.3) is 0 Å². The summed E-state index contributed by atoms with van der Waals surface area (Å²) in [5.41, 5.74) is 0. The number of carbonyl (C=O) groups is 1. The second kappa shape index (κ2) is 8.20. The molecule has 0 amide bonds. The number of methoxy groups -OCH3 is 1. The minimum absolute atomic E-state index is 0.155. The van der Waals surface area contributed by atoms with Crippen LogP contribution in [-0.4, -0.2) is 32.2 Å². The molecule has 3 nitrogen and oxygen atoms in total. The van der Waals surface area contributed by atoms with E-state index in [-0.39, 0.29) is 11.9 Å². The first kappa shape index (κ1) is 12.6. The molecule has 0 radical (unpaired) electrons. The topological polar surface area (TPSA) is 35.5 Å². The van der Waals surface area contributed by atoms with Crippen LogP contribution in [0.15, 0.2) is 0 Å². The third-order valence-corrected chi connectivity index (χ3v) is 1.73. The Morgan fingerprint density at radius 3 is 2.62 bits per heavy atom. The molecule has 0 heterocycles. The average molecular weight is 188 g/mol. The normalized spacial score (nSPS) is 12.8. The monoisotopic (exact) mass is 188 g/mol. The number of hydrogen-bond donors (Lipinski definition) is 0. The van der Waals surface area contributed by atoms with E-state index >= 15 is 0 Å². The highest BCUT2D eigenvalue weighted by molar-refractivity contribution is 5.75. The quantitative estimate of drug-likeness (QED) is 0.545. The van der Waals surface area contributed by atoms with Crippen LogP contribution in [0.5, 0.6) is 0 Å². The van der Waals surface area contributed by atoms with Gasteiger partial charge in [0.2, 0.25) is 0 Å². The molecule has 0 rings (SSSR count). The molecule has 0 aliphatic rings. The first-order valence-electron chi connectivity index (χ1n) is 4.76. The predicted molar refractivity (Wildman–Crippen MR) is 51.8 cm³/mol. The lowest BCUT2D eigenvalue weighted by Gasteiger charge is -2.11. The molecule has 0 spiro atoms. The zero-order valence-electron chi connectivity index (χ0n) is 8.84. The van der Waals surface area contributed by atoms with Crippen molar-refractivity contribution in [2.75, 3.05) is 20.3 Å². The Bertz CT molecular complexity index is 134. The molecule has 0 saturated heterocycles. The van der Waals surface area contributed by atoms with Gasteiger partial charge in [-0.2, -0.15) is 0 Å². The Morgan fingerprint density at radius 2 is 2.08 bits per heavy atom. The molecule has 0 saturated carbocycles. The summed E-state index contributed by atoms with van der Waals surface area (Å²) in [4.78, 5) is 10.6. The zero-order valence-corrected chi connectivity index (χ0v) is 8.84.